The average molecular weight is 320 g/mol. The van der Waals surface area contributed by atoms with Crippen LogP contribution in [0, 0.1) is 6.92 Å². The number of hydrogen-bond donors (Lipinski definition) is 1. The molecule has 0 atom stereocenters. The van der Waals surface area contributed by atoms with Gasteiger partial charge < -0.3 is 10.1 Å². The number of aromatic nitrogens is 2. The Morgan fingerprint density at radius 2 is 2.05 bits per heavy atom. The molecule has 1 heterocycles. The molecule has 0 fully saturated rings. The molecular formula is C16H18ClN3O2. The fourth-order valence-corrected chi connectivity index (χ4v) is 1.95. The van der Waals surface area contributed by atoms with Crippen LogP contribution < -0.4 is 10.1 Å². The van der Waals surface area contributed by atoms with Gasteiger partial charge in [0.15, 0.2) is 0 Å². The van der Waals surface area contributed by atoms with Crippen LogP contribution in [0.2, 0.25) is 5.02 Å². The predicted octanol–water partition coefficient (Wildman–Crippen LogP) is 4.36. The van der Waals surface area contributed by atoms with E-state index in [0.29, 0.717) is 17.2 Å². The third-order valence-electron chi connectivity index (χ3n) is 3.01. The summed E-state index contributed by atoms with van der Waals surface area (Å²) in [5.74, 6) is 0.657. The number of benzene rings is 1. The van der Waals surface area contributed by atoms with Crippen molar-refractivity contribution >= 4 is 23.2 Å². The van der Waals surface area contributed by atoms with Crippen LogP contribution in [0.3, 0.4) is 0 Å². The highest BCUT2D eigenvalue weighted by atomic mass is 35.5. The van der Waals surface area contributed by atoms with Crippen molar-refractivity contribution in [3.8, 4) is 11.8 Å². The van der Waals surface area contributed by atoms with Gasteiger partial charge in [0.25, 0.3) is 0 Å². The maximum Gasteiger partial charge on any atom is 0.321 e. The molecule has 0 aliphatic heterocycles. The van der Waals surface area contributed by atoms with E-state index in [0.717, 1.165) is 24.1 Å². The first-order chi connectivity index (χ1) is 10.6. The molecule has 2 rings (SSSR count). The SMILES string of the molecule is CCCCC(=O)Nc1ccc(Oc2ncc(Cl)cn2)c(C)c1. The average Bonchev–Trinajstić information content (AvgIpc) is 2.50. The fourth-order valence-electron chi connectivity index (χ4n) is 1.85. The third kappa shape index (κ3) is 4.70. The minimum atomic E-state index is 0.0240. The number of nitrogens with zero attached hydrogens (tertiary/aromatic N) is 2. The lowest BCUT2D eigenvalue weighted by Crippen LogP contribution is -2.11. The molecule has 0 aliphatic rings. The van der Waals surface area contributed by atoms with E-state index in [2.05, 4.69) is 22.2 Å². The van der Waals surface area contributed by atoms with Crippen LogP contribution in [0.25, 0.3) is 0 Å². The number of unbranched alkanes of at least 4 members (excludes halogenated alkanes) is 1. The van der Waals surface area contributed by atoms with E-state index in [1.165, 1.54) is 12.4 Å². The minimum Gasteiger partial charge on any atom is -0.424 e. The molecule has 116 valence electrons. The van der Waals surface area contributed by atoms with Gasteiger partial charge in [-0.2, -0.15) is 0 Å². The number of rotatable bonds is 6. The number of nitrogens with one attached hydrogen (secondary N) is 1. The van der Waals surface area contributed by atoms with Crippen LogP contribution >= 0.6 is 11.6 Å². The van der Waals surface area contributed by atoms with Crippen LogP contribution in [0.15, 0.2) is 30.6 Å². The molecule has 0 saturated carbocycles. The lowest BCUT2D eigenvalue weighted by Gasteiger charge is -2.10. The lowest BCUT2D eigenvalue weighted by molar-refractivity contribution is -0.116. The zero-order chi connectivity index (χ0) is 15.9. The standard InChI is InChI=1S/C16H18ClN3O2/c1-3-4-5-15(21)20-13-6-7-14(11(2)8-13)22-16-18-9-12(17)10-19-16/h6-10H,3-5H2,1-2H3,(H,20,21). The summed E-state index contributed by atoms with van der Waals surface area (Å²) < 4.78 is 5.60. The quantitative estimate of drug-likeness (QED) is 0.859. The van der Waals surface area contributed by atoms with E-state index in [9.17, 15) is 4.79 Å². The second-order valence-electron chi connectivity index (χ2n) is 4.92. The monoisotopic (exact) mass is 319 g/mol. The second-order valence-corrected chi connectivity index (χ2v) is 5.35. The largest absolute Gasteiger partial charge is 0.424 e. The van der Waals surface area contributed by atoms with Gasteiger partial charge in [-0.3, -0.25) is 4.79 Å². The fraction of sp³-hybridized carbons (Fsp3) is 0.312. The number of carbonyl (C=O) groups is 1. The van der Waals surface area contributed by atoms with E-state index >= 15 is 0 Å². The van der Waals surface area contributed by atoms with E-state index < -0.39 is 0 Å². The van der Waals surface area contributed by atoms with E-state index in [1.807, 2.05) is 13.0 Å². The van der Waals surface area contributed by atoms with E-state index in [-0.39, 0.29) is 11.9 Å². The Balaban J connectivity index is 2.03. The summed E-state index contributed by atoms with van der Waals surface area (Å²) in [6.07, 6.45) is 5.37. The summed E-state index contributed by atoms with van der Waals surface area (Å²) in [5.41, 5.74) is 1.63. The molecule has 1 N–H and O–H groups in total. The van der Waals surface area contributed by atoms with Crippen LogP contribution in [0.1, 0.15) is 31.7 Å². The van der Waals surface area contributed by atoms with Crippen LogP contribution in [-0.2, 0) is 4.79 Å². The second kappa shape index (κ2) is 7.75. The summed E-state index contributed by atoms with van der Waals surface area (Å²) in [6, 6.07) is 5.66. The van der Waals surface area contributed by atoms with Gasteiger partial charge in [-0.05, 0) is 37.1 Å². The summed E-state index contributed by atoms with van der Waals surface area (Å²) in [5, 5.41) is 3.33. The number of amides is 1. The van der Waals surface area contributed by atoms with Crippen molar-refractivity contribution in [2.45, 2.75) is 33.1 Å². The molecule has 2 aromatic rings. The van der Waals surface area contributed by atoms with Crippen molar-refractivity contribution in [1.29, 1.82) is 0 Å². The molecule has 0 radical (unpaired) electrons. The zero-order valence-electron chi connectivity index (χ0n) is 12.6. The lowest BCUT2D eigenvalue weighted by atomic mass is 10.2. The Morgan fingerprint density at radius 3 is 2.68 bits per heavy atom. The Labute approximate surface area is 134 Å². The Hall–Kier alpha value is -2.14. The Morgan fingerprint density at radius 1 is 1.32 bits per heavy atom. The molecule has 22 heavy (non-hydrogen) atoms. The number of halogens is 1. The first-order valence-corrected chi connectivity index (χ1v) is 7.52. The van der Waals surface area contributed by atoms with E-state index in [4.69, 9.17) is 16.3 Å². The number of aryl methyl sites for hydroxylation is 1. The number of anilines is 1. The van der Waals surface area contributed by atoms with Crippen molar-refractivity contribution in [1.82, 2.24) is 9.97 Å². The first-order valence-electron chi connectivity index (χ1n) is 7.14. The highest BCUT2D eigenvalue weighted by Gasteiger charge is 2.07. The molecule has 0 unspecified atom stereocenters. The molecule has 0 spiro atoms. The maximum atomic E-state index is 11.7. The van der Waals surface area contributed by atoms with Gasteiger partial charge >= 0.3 is 6.01 Å². The molecular weight excluding hydrogens is 302 g/mol. The van der Waals surface area contributed by atoms with Gasteiger partial charge in [-0.1, -0.05) is 24.9 Å². The Kier molecular flexibility index (Phi) is 5.72. The van der Waals surface area contributed by atoms with Gasteiger partial charge in [0, 0.05) is 12.1 Å². The molecule has 1 aromatic heterocycles. The van der Waals surface area contributed by atoms with Gasteiger partial charge in [-0.15, -0.1) is 0 Å². The first kappa shape index (κ1) is 16.2. The minimum absolute atomic E-state index is 0.0240. The van der Waals surface area contributed by atoms with Crippen molar-refractivity contribution in [3.05, 3.63) is 41.2 Å². The van der Waals surface area contributed by atoms with Crippen LogP contribution in [0.4, 0.5) is 5.69 Å². The number of ether oxygens (including phenoxy) is 1. The molecule has 5 nitrogen and oxygen atoms in total. The molecule has 0 bridgehead atoms. The molecule has 6 heteroatoms. The smallest absolute Gasteiger partial charge is 0.321 e. The van der Waals surface area contributed by atoms with Crippen LogP contribution in [-0.4, -0.2) is 15.9 Å². The summed E-state index contributed by atoms with van der Waals surface area (Å²) in [7, 11) is 0. The molecule has 1 amide bonds. The van der Waals surface area contributed by atoms with Gasteiger partial charge in [0.1, 0.15) is 5.75 Å². The molecule has 0 saturated heterocycles. The predicted molar refractivity (Wildman–Crippen MR) is 86.4 cm³/mol. The summed E-state index contributed by atoms with van der Waals surface area (Å²) in [4.78, 5) is 19.7. The van der Waals surface area contributed by atoms with Crippen molar-refractivity contribution in [2.24, 2.45) is 0 Å². The topological polar surface area (TPSA) is 64.1 Å². The third-order valence-corrected chi connectivity index (χ3v) is 3.21. The highest BCUT2D eigenvalue weighted by molar-refractivity contribution is 6.30. The van der Waals surface area contributed by atoms with Crippen molar-refractivity contribution in [3.63, 3.8) is 0 Å². The van der Waals surface area contributed by atoms with Gasteiger partial charge in [0.05, 0.1) is 17.4 Å². The highest BCUT2D eigenvalue weighted by Crippen LogP contribution is 2.25. The summed E-state index contributed by atoms with van der Waals surface area (Å²) >= 11 is 5.73. The number of hydrogen-bond acceptors (Lipinski definition) is 4. The normalized spacial score (nSPS) is 10.3. The maximum absolute atomic E-state index is 11.7. The van der Waals surface area contributed by atoms with E-state index in [1.54, 1.807) is 12.1 Å². The number of carbonyl (C=O) groups excluding carboxylic acids is 1. The van der Waals surface area contributed by atoms with Crippen molar-refractivity contribution < 1.29 is 9.53 Å². The summed E-state index contributed by atoms with van der Waals surface area (Å²) in [6.45, 7) is 3.95. The molecule has 0 aliphatic carbocycles. The Bertz CT molecular complexity index is 644. The van der Waals surface area contributed by atoms with Crippen LogP contribution in [0.5, 0.6) is 11.8 Å². The molecule has 1 aromatic carbocycles. The van der Waals surface area contributed by atoms with Gasteiger partial charge in [-0.25, -0.2) is 9.97 Å². The van der Waals surface area contributed by atoms with Gasteiger partial charge in [0.2, 0.25) is 5.91 Å². The zero-order valence-corrected chi connectivity index (χ0v) is 13.4. The van der Waals surface area contributed by atoms with Crippen molar-refractivity contribution in [2.75, 3.05) is 5.32 Å².